The zero-order valence-corrected chi connectivity index (χ0v) is 11.6. The summed E-state index contributed by atoms with van der Waals surface area (Å²) in [6.07, 6.45) is 3.87. The molecule has 18 heavy (non-hydrogen) atoms. The first-order valence-corrected chi connectivity index (χ1v) is 8.25. The number of nitrogens with zero attached hydrogens (tertiary/aromatic N) is 1. The normalized spacial score (nSPS) is 11.4. The molecule has 0 bridgehead atoms. The number of thiazole rings is 1. The lowest BCUT2D eigenvalue weighted by Gasteiger charge is -2.05. The van der Waals surface area contributed by atoms with Crippen molar-refractivity contribution in [1.29, 1.82) is 0 Å². The molecule has 0 aliphatic carbocycles. The number of anilines is 1. The molecule has 0 aliphatic rings. The molecule has 4 nitrogen and oxygen atoms in total. The van der Waals surface area contributed by atoms with E-state index in [4.69, 9.17) is 0 Å². The Balaban J connectivity index is 1.91. The SMILES string of the molecule is CS(=O)(=O)c1ccc(NCCc2nccs2)cc1. The summed E-state index contributed by atoms with van der Waals surface area (Å²) in [6.45, 7) is 0.783. The quantitative estimate of drug-likeness (QED) is 0.913. The molecule has 0 saturated carbocycles. The van der Waals surface area contributed by atoms with E-state index in [-0.39, 0.29) is 0 Å². The molecule has 1 N–H and O–H groups in total. The lowest BCUT2D eigenvalue weighted by Crippen LogP contribution is -2.05. The Kier molecular flexibility index (Phi) is 3.98. The minimum absolute atomic E-state index is 0.341. The van der Waals surface area contributed by atoms with Gasteiger partial charge < -0.3 is 5.32 Å². The van der Waals surface area contributed by atoms with Gasteiger partial charge in [0.1, 0.15) is 0 Å². The molecule has 0 radical (unpaired) electrons. The highest BCUT2D eigenvalue weighted by Crippen LogP contribution is 2.14. The highest BCUT2D eigenvalue weighted by Gasteiger charge is 2.05. The summed E-state index contributed by atoms with van der Waals surface area (Å²) in [7, 11) is -3.11. The molecule has 0 atom stereocenters. The van der Waals surface area contributed by atoms with E-state index in [1.165, 1.54) is 6.26 Å². The van der Waals surface area contributed by atoms with Crippen molar-refractivity contribution in [3.05, 3.63) is 40.8 Å². The number of rotatable bonds is 5. The van der Waals surface area contributed by atoms with Crippen LogP contribution in [0.1, 0.15) is 5.01 Å². The van der Waals surface area contributed by atoms with Crippen molar-refractivity contribution in [1.82, 2.24) is 4.98 Å². The maximum Gasteiger partial charge on any atom is 0.175 e. The van der Waals surface area contributed by atoms with Crippen molar-refractivity contribution in [2.24, 2.45) is 0 Å². The van der Waals surface area contributed by atoms with Crippen LogP contribution in [-0.2, 0) is 16.3 Å². The van der Waals surface area contributed by atoms with E-state index >= 15 is 0 Å². The smallest absolute Gasteiger partial charge is 0.175 e. The highest BCUT2D eigenvalue weighted by molar-refractivity contribution is 7.90. The van der Waals surface area contributed by atoms with Gasteiger partial charge in [-0.1, -0.05) is 0 Å². The summed E-state index contributed by atoms with van der Waals surface area (Å²) in [5.74, 6) is 0. The third-order valence-electron chi connectivity index (χ3n) is 2.43. The molecule has 0 spiro atoms. The predicted molar refractivity (Wildman–Crippen MR) is 73.9 cm³/mol. The Bertz CT molecular complexity index is 590. The number of benzene rings is 1. The molecular weight excluding hydrogens is 268 g/mol. The Hall–Kier alpha value is -1.40. The second-order valence-electron chi connectivity index (χ2n) is 3.90. The lowest BCUT2D eigenvalue weighted by molar-refractivity contribution is 0.602. The summed E-state index contributed by atoms with van der Waals surface area (Å²) in [6, 6.07) is 6.78. The molecule has 2 aromatic rings. The van der Waals surface area contributed by atoms with Gasteiger partial charge in [-0.2, -0.15) is 0 Å². The molecule has 96 valence electrons. The maximum absolute atomic E-state index is 11.3. The van der Waals surface area contributed by atoms with Crippen molar-refractivity contribution < 1.29 is 8.42 Å². The van der Waals surface area contributed by atoms with Gasteiger partial charge in [-0.15, -0.1) is 11.3 Å². The van der Waals surface area contributed by atoms with Gasteiger partial charge in [0, 0.05) is 36.5 Å². The fourth-order valence-corrected chi connectivity index (χ4v) is 2.76. The summed E-state index contributed by atoms with van der Waals surface area (Å²) < 4.78 is 22.6. The summed E-state index contributed by atoms with van der Waals surface area (Å²) in [5.41, 5.74) is 0.916. The monoisotopic (exact) mass is 282 g/mol. The fourth-order valence-electron chi connectivity index (χ4n) is 1.51. The van der Waals surface area contributed by atoms with Gasteiger partial charge in [-0.25, -0.2) is 13.4 Å². The first kappa shape index (κ1) is 13.0. The number of nitrogens with one attached hydrogen (secondary N) is 1. The van der Waals surface area contributed by atoms with Crippen LogP contribution in [0.25, 0.3) is 0 Å². The fraction of sp³-hybridized carbons (Fsp3) is 0.250. The van der Waals surface area contributed by atoms with Gasteiger partial charge in [0.15, 0.2) is 9.84 Å². The number of hydrogen-bond donors (Lipinski definition) is 1. The van der Waals surface area contributed by atoms with E-state index in [1.54, 1.807) is 41.8 Å². The van der Waals surface area contributed by atoms with E-state index in [0.717, 1.165) is 23.7 Å². The predicted octanol–water partition coefficient (Wildman–Crippen LogP) is 2.20. The Morgan fingerprint density at radius 1 is 1.28 bits per heavy atom. The zero-order valence-electron chi connectivity index (χ0n) is 9.96. The molecule has 1 aromatic carbocycles. The van der Waals surface area contributed by atoms with Crippen LogP contribution in [0.4, 0.5) is 5.69 Å². The zero-order chi connectivity index (χ0) is 13.0. The maximum atomic E-state index is 11.3. The molecule has 1 aromatic heterocycles. The van der Waals surface area contributed by atoms with Crippen molar-refractivity contribution in [2.75, 3.05) is 18.1 Å². The van der Waals surface area contributed by atoms with Crippen molar-refractivity contribution in [3.63, 3.8) is 0 Å². The first-order valence-electron chi connectivity index (χ1n) is 5.48. The van der Waals surface area contributed by atoms with Crippen molar-refractivity contribution >= 4 is 26.9 Å². The topological polar surface area (TPSA) is 59.1 Å². The third-order valence-corrected chi connectivity index (χ3v) is 4.40. The van der Waals surface area contributed by atoms with E-state index in [9.17, 15) is 8.42 Å². The molecular formula is C12H14N2O2S2. The van der Waals surface area contributed by atoms with Gasteiger partial charge in [0.2, 0.25) is 0 Å². The molecule has 0 amide bonds. The van der Waals surface area contributed by atoms with E-state index in [2.05, 4.69) is 10.3 Å². The molecule has 0 fully saturated rings. The molecule has 0 unspecified atom stereocenters. The largest absolute Gasteiger partial charge is 0.385 e. The van der Waals surface area contributed by atoms with Crippen molar-refractivity contribution in [3.8, 4) is 0 Å². The average Bonchev–Trinajstić information content (AvgIpc) is 2.82. The van der Waals surface area contributed by atoms with Crippen LogP contribution in [0.2, 0.25) is 0 Å². The van der Waals surface area contributed by atoms with Gasteiger partial charge >= 0.3 is 0 Å². The van der Waals surface area contributed by atoms with Gasteiger partial charge in [0.25, 0.3) is 0 Å². The molecule has 0 aliphatic heterocycles. The second kappa shape index (κ2) is 5.49. The number of sulfone groups is 1. The van der Waals surface area contributed by atoms with Gasteiger partial charge in [-0.05, 0) is 24.3 Å². The molecule has 2 rings (SSSR count). The van der Waals surface area contributed by atoms with Crippen LogP contribution in [-0.4, -0.2) is 26.2 Å². The van der Waals surface area contributed by atoms with Crippen LogP contribution in [0.3, 0.4) is 0 Å². The Labute approximate surface area is 111 Å². The minimum Gasteiger partial charge on any atom is -0.385 e. The van der Waals surface area contributed by atoms with Gasteiger partial charge in [-0.3, -0.25) is 0 Å². The highest BCUT2D eigenvalue weighted by atomic mass is 32.2. The first-order chi connectivity index (χ1) is 8.55. The minimum atomic E-state index is -3.11. The third kappa shape index (κ3) is 3.54. The van der Waals surface area contributed by atoms with Gasteiger partial charge in [0.05, 0.1) is 9.90 Å². The summed E-state index contributed by atoms with van der Waals surface area (Å²) in [5, 5.41) is 6.28. The summed E-state index contributed by atoms with van der Waals surface area (Å²) in [4.78, 5) is 4.53. The molecule has 6 heteroatoms. The van der Waals surface area contributed by atoms with Crippen molar-refractivity contribution in [2.45, 2.75) is 11.3 Å². The van der Waals surface area contributed by atoms with E-state index in [1.807, 2.05) is 5.38 Å². The van der Waals surface area contributed by atoms with Crippen LogP contribution in [0.5, 0.6) is 0 Å². The van der Waals surface area contributed by atoms with E-state index in [0.29, 0.717) is 4.90 Å². The average molecular weight is 282 g/mol. The van der Waals surface area contributed by atoms with Crippen LogP contribution >= 0.6 is 11.3 Å². The second-order valence-corrected chi connectivity index (χ2v) is 6.89. The Morgan fingerprint density at radius 2 is 2.00 bits per heavy atom. The van der Waals surface area contributed by atoms with Crippen LogP contribution in [0.15, 0.2) is 40.7 Å². The van der Waals surface area contributed by atoms with Crippen LogP contribution in [0, 0.1) is 0 Å². The standard InChI is InChI=1S/C12H14N2O2S2/c1-18(15,16)11-4-2-10(3-5-11)13-7-6-12-14-8-9-17-12/h2-5,8-9,13H,6-7H2,1H3. The van der Waals surface area contributed by atoms with E-state index < -0.39 is 9.84 Å². The van der Waals surface area contributed by atoms with Crippen LogP contribution < -0.4 is 5.32 Å². The summed E-state index contributed by atoms with van der Waals surface area (Å²) >= 11 is 1.63. The number of hydrogen-bond acceptors (Lipinski definition) is 5. The Morgan fingerprint density at radius 3 is 2.56 bits per heavy atom. The number of aromatic nitrogens is 1. The molecule has 0 saturated heterocycles. The lowest BCUT2D eigenvalue weighted by atomic mass is 10.3. The molecule has 1 heterocycles.